The lowest BCUT2D eigenvalue weighted by molar-refractivity contribution is -0.159. The molecule has 1 aromatic heterocycles. The Morgan fingerprint density at radius 3 is 2.72 bits per heavy atom. The van der Waals surface area contributed by atoms with Crippen molar-refractivity contribution in [2.24, 2.45) is 11.8 Å². The molecule has 1 saturated carbocycles. The fourth-order valence-electron chi connectivity index (χ4n) is 4.12. The molecule has 1 saturated heterocycles. The molecule has 9 nitrogen and oxygen atoms in total. The maximum Gasteiger partial charge on any atom is 0.250 e. The van der Waals surface area contributed by atoms with Gasteiger partial charge >= 0.3 is 0 Å². The zero-order valence-corrected chi connectivity index (χ0v) is 17.7. The third-order valence-electron chi connectivity index (χ3n) is 5.78. The first kappa shape index (κ1) is 21.7. The van der Waals surface area contributed by atoms with E-state index in [1.807, 2.05) is 13.8 Å². The molecule has 0 unspecified atom stereocenters. The van der Waals surface area contributed by atoms with Crippen LogP contribution in [0.3, 0.4) is 0 Å². The van der Waals surface area contributed by atoms with E-state index in [1.165, 1.54) is 16.3 Å². The summed E-state index contributed by atoms with van der Waals surface area (Å²) in [6, 6.07) is -0.651. The summed E-state index contributed by atoms with van der Waals surface area (Å²) in [7, 11) is 0. The van der Waals surface area contributed by atoms with Crippen molar-refractivity contribution < 1.29 is 19.6 Å². The highest BCUT2D eigenvalue weighted by molar-refractivity contribution is 7.15. The van der Waals surface area contributed by atoms with E-state index < -0.39 is 12.0 Å². The van der Waals surface area contributed by atoms with Gasteiger partial charge < -0.3 is 5.32 Å². The average Bonchev–Trinajstić information content (AvgIpc) is 3.43. The van der Waals surface area contributed by atoms with Crippen LogP contribution >= 0.6 is 11.3 Å². The summed E-state index contributed by atoms with van der Waals surface area (Å²) in [5.74, 6) is -0.700. The Labute approximate surface area is 174 Å². The van der Waals surface area contributed by atoms with Gasteiger partial charge in [0.15, 0.2) is 5.13 Å². The second-order valence-corrected chi connectivity index (χ2v) is 9.08. The van der Waals surface area contributed by atoms with Crippen molar-refractivity contribution in [2.75, 3.05) is 18.4 Å². The van der Waals surface area contributed by atoms with E-state index in [0.717, 1.165) is 36.3 Å². The summed E-state index contributed by atoms with van der Waals surface area (Å²) in [5, 5.41) is 14.9. The van der Waals surface area contributed by atoms with Crippen LogP contribution in [0.25, 0.3) is 0 Å². The minimum atomic E-state index is -0.651. The van der Waals surface area contributed by atoms with Crippen molar-refractivity contribution in [3.05, 3.63) is 10.6 Å². The standard InChI is InChI=1S/C19H29N5O4S/c1-12-13(2)29-19(21-12)22-17(26)16-7-8-20-24(16)18(27)15(10-23(28)11-25)9-14-5-3-4-6-14/h11,14-16,20,28H,3-10H2,1-2H3,(H,21,22,26)/t15-,16+/m1/s1. The van der Waals surface area contributed by atoms with Gasteiger partial charge in [0.25, 0.3) is 5.91 Å². The number of aryl methyl sites for hydroxylation is 2. The third kappa shape index (κ3) is 5.31. The highest BCUT2D eigenvalue weighted by Gasteiger charge is 2.39. The summed E-state index contributed by atoms with van der Waals surface area (Å²) in [6.45, 7) is 4.26. The monoisotopic (exact) mass is 423 g/mol. The van der Waals surface area contributed by atoms with Gasteiger partial charge in [-0.25, -0.2) is 15.5 Å². The van der Waals surface area contributed by atoms with Crippen LogP contribution in [0.2, 0.25) is 0 Å². The molecule has 0 aromatic carbocycles. The van der Waals surface area contributed by atoms with Crippen LogP contribution in [0.4, 0.5) is 5.13 Å². The molecule has 0 bridgehead atoms. The predicted molar refractivity (Wildman–Crippen MR) is 108 cm³/mol. The van der Waals surface area contributed by atoms with Crippen LogP contribution in [0.5, 0.6) is 0 Å². The number of hydrogen-bond donors (Lipinski definition) is 3. The van der Waals surface area contributed by atoms with Crippen LogP contribution < -0.4 is 10.7 Å². The van der Waals surface area contributed by atoms with Gasteiger partial charge in [-0.3, -0.25) is 24.6 Å². The number of hydrogen-bond acceptors (Lipinski definition) is 7. The van der Waals surface area contributed by atoms with Crippen LogP contribution in [0, 0.1) is 25.7 Å². The minimum absolute atomic E-state index is 0.0732. The molecule has 2 heterocycles. The first-order valence-electron chi connectivity index (χ1n) is 10.1. The van der Waals surface area contributed by atoms with Crippen molar-refractivity contribution in [3.63, 3.8) is 0 Å². The van der Waals surface area contributed by atoms with E-state index in [0.29, 0.717) is 41.9 Å². The molecule has 160 valence electrons. The van der Waals surface area contributed by atoms with Gasteiger partial charge in [0.2, 0.25) is 12.3 Å². The number of aromatic nitrogens is 1. The average molecular weight is 424 g/mol. The number of hydroxylamine groups is 2. The SMILES string of the molecule is Cc1nc(NC(=O)[C@@H]2CCNN2C(=O)[C@H](CC2CCCC2)CN(O)C=O)sc1C. The number of nitrogens with one attached hydrogen (secondary N) is 2. The maximum absolute atomic E-state index is 13.2. The number of carbonyl (C=O) groups excluding carboxylic acids is 3. The summed E-state index contributed by atoms with van der Waals surface area (Å²) in [5.41, 5.74) is 3.88. The molecule has 2 aliphatic rings. The molecular formula is C19H29N5O4S. The molecule has 0 spiro atoms. The Morgan fingerprint density at radius 2 is 2.10 bits per heavy atom. The first-order valence-corrected chi connectivity index (χ1v) is 10.9. The highest BCUT2D eigenvalue weighted by atomic mass is 32.1. The number of anilines is 1. The summed E-state index contributed by atoms with van der Waals surface area (Å²) in [6.07, 6.45) is 5.79. The third-order valence-corrected chi connectivity index (χ3v) is 6.77. The Hall–Kier alpha value is -2.04. The largest absolute Gasteiger partial charge is 0.300 e. The fraction of sp³-hybridized carbons (Fsp3) is 0.684. The van der Waals surface area contributed by atoms with E-state index in [1.54, 1.807) is 0 Å². The van der Waals surface area contributed by atoms with Gasteiger partial charge in [0.1, 0.15) is 6.04 Å². The van der Waals surface area contributed by atoms with Crippen molar-refractivity contribution in [2.45, 2.75) is 58.4 Å². The number of nitrogens with zero attached hydrogens (tertiary/aromatic N) is 3. The summed E-state index contributed by atoms with van der Waals surface area (Å²) in [4.78, 5) is 42.3. The van der Waals surface area contributed by atoms with Gasteiger partial charge in [0, 0.05) is 11.4 Å². The van der Waals surface area contributed by atoms with Gasteiger partial charge in [-0.2, -0.15) is 0 Å². The summed E-state index contributed by atoms with van der Waals surface area (Å²) < 4.78 is 0. The number of carbonyl (C=O) groups is 3. The lowest BCUT2D eigenvalue weighted by Crippen LogP contribution is -2.51. The van der Waals surface area contributed by atoms with Crippen molar-refractivity contribution in [1.82, 2.24) is 20.5 Å². The number of rotatable bonds is 8. The first-order chi connectivity index (χ1) is 13.9. The lowest BCUT2D eigenvalue weighted by atomic mass is 9.92. The minimum Gasteiger partial charge on any atom is -0.300 e. The molecule has 2 atom stereocenters. The second kappa shape index (κ2) is 9.64. The van der Waals surface area contributed by atoms with Crippen molar-refractivity contribution in [3.8, 4) is 0 Å². The van der Waals surface area contributed by atoms with Gasteiger partial charge in [-0.1, -0.05) is 25.7 Å². The summed E-state index contributed by atoms with van der Waals surface area (Å²) >= 11 is 1.40. The molecule has 0 radical (unpaired) electrons. The molecule has 3 rings (SSSR count). The van der Waals surface area contributed by atoms with E-state index in [2.05, 4.69) is 15.7 Å². The number of amides is 3. The topological polar surface area (TPSA) is 115 Å². The van der Waals surface area contributed by atoms with E-state index >= 15 is 0 Å². The van der Waals surface area contributed by atoms with Gasteiger partial charge in [-0.05, 0) is 32.6 Å². The molecule has 3 amide bonds. The van der Waals surface area contributed by atoms with Crippen LogP contribution in [0.15, 0.2) is 0 Å². The van der Waals surface area contributed by atoms with Gasteiger partial charge in [0.05, 0.1) is 18.2 Å². The van der Waals surface area contributed by atoms with Gasteiger partial charge in [-0.15, -0.1) is 11.3 Å². The Morgan fingerprint density at radius 1 is 1.38 bits per heavy atom. The molecule has 1 aliphatic heterocycles. The lowest BCUT2D eigenvalue weighted by Gasteiger charge is -2.29. The van der Waals surface area contributed by atoms with E-state index in [9.17, 15) is 19.6 Å². The Balaban J connectivity index is 1.69. The molecular weight excluding hydrogens is 394 g/mol. The van der Waals surface area contributed by atoms with Crippen molar-refractivity contribution in [1.29, 1.82) is 0 Å². The molecule has 1 aromatic rings. The number of thiazole rings is 1. The Bertz CT molecular complexity index is 729. The molecule has 2 fully saturated rings. The molecule has 10 heteroatoms. The molecule has 29 heavy (non-hydrogen) atoms. The zero-order valence-electron chi connectivity index (χ0n) is 16.9. The second-order valence-electron chi connectivity index (χ2n) is 7.88. The smallest absolute Gasteiger partial charge is 0.250 e. The van der Waals surface area contributed by atoms with Crippen LogP contribution in [-0.4, -0.2) is 57.6 Å². The van der Waals surface area contributed by atoms with Crippen molar-refractivity contribution >= 4 is 34.7 Å². The van der Waals surface area contributed by atoms with E-state index in [-0.39, 0.29) is 18.4 Å². The Kier molecular flexibility index (Phi) is 7.20. The fourth-order valence-corrected chi connectivity index (χ4v) is 4.94. The van der Waals surface area contributed by atoms with Crippen LogP contribution in [0.1, 0.15) is 49.1 Å². The predicted octanol–water partition coefficient (Wildman–Crippen LogP) is 1.85. The maximum atomic E-state index is 13.2. The number of hydrazine groups is 1. The normalized spacial score (nSPS) is 20.7. The van der Waals surface area contributed by atoms with Crippen LogP contribution in [-0.2, 0) is 14.4 Å². The molecule has 1 aliphatic carbocycles. The molecule has 3 N–H and O–H groups in total. The zero-order chi connectivity index (χ0) is 21.0. The van der Waals surface area contributed by atoms with E-state index in [4.69, 9.17) is 0 Å². The highest BCUT2D eigenvalue weighted by Crippen LogP contribution is 2.32. The quantitative estimate of drug-likeness (QED) is 0.334.